The van der Waals surface area contributed by atoms with Gasteiger partial charge in [-0.3, -0.25) is 4.79 Å². The molecule has 7 nitrogen and oxygen atoms in total. The van der Waals surface area contributed by atoms with Crippen molar-refractivity contribution < 1.29 is 13.2 Å². The van der Waals surface area contributed by atoms with Crippen molar-refractivity contribution in [3.05, 3.63) is 40.8 Å². The largest absolute Gasteiger partial charge is 0.305 e. The molecular weight excluding hydrogens is 328 g/mol. The predicted octanol–water partition coefficient (Wildman–Crippen LogP) is 1.88. The molecule has 0 aromatic carbocycles. The third kappa shape index (κ3) is 3.58. The normalized spacial score (nSPS) is 11.2. The van der Waals surface area contributed by atoms with Crippen LogP contribution in [0.3, 0.4) is 0 Å². The topological polar surface area (TPSA) is 102 Å². The van der Waals surface area contributed by atoms with Crippen molar-refractivity contribution in [1.82, 2.24) is 15.0 Å². The van der Waals surface area contributed by atoms with Gasteiger partial charge >= 0.3 is 0 Å². The predicted molar refractivity (Wildman–Crippen MR) is 81.7 cm³/mol. The van der Waals surface area contributed by atoms with Crippen LogP contribution in [0, 0.1) is 6.92 Å². The highest BCUT2D eigenvalue weighted by Gasteiger charge is 2.21. The molecule has 1 amide bonds. The van der Waals surface area contributed by atoms with Gasteiger partial charge in [0.2, 0.25) is 15.0 Å². The number of pyridine rings is 1. The molecule has 2 heterocycles. The summed E-state index contributed by atoms with van der Waals surface area (Å²) in [4.78, 5) is 23.6. The number of rotatable bonds is 4. The SMILES string of the molecule is CCS(=O)(=O)c1ncc(Cl)c(C(=O)Nc2cc(C)ccn2)n1. The van der Waals surface area contributed by atoms with E-state index in [0.717, 1.165) is 11.8 Å². The lowest BCUT2D eigenvalue weighted by molar-refractivity contribution is 0.102. The van der Waals surface area contributed by atoms with Crippen molar-refractivity contribution in [2.45, 2.75) is 19.0 Å². The van der Waals surface area contributed by atoms with Gasteiger partial charge in [-0.2, -0.15) is 0 Å². The smallest absolute Gasteiger partial charge is 0.277 e. The molecule has 9 heteroatoms. The molecule has 116 valence electrons. The van der Waals surface area contributed by atoms with Crippen LogP contribution in [0.1, 0.15) is 23.0 Å². The number of halogens is 1. The van der Waals surface area contributed by atoms with Crippen molar-refractivity contribution in [1.29, 1.82) is 0 Å². The maximum atomic E-state index is 12.2. The summed E-state index contributed by atoms with van der Waals surface area (Å²) in [6, 6.07) is 3.44. The van der Waals surface area contributed by atoms with E-state index in [1.165, 1.54) is 6.92 Å². The first-order valence-electron chi connectivity index (χ1n) is 6.33. The van der Waals surface area contributed by atoms with Gasteiger partial charge in [0.1, 0.15) is 5.82 Å². The van der Waals surface area contributed by atoms with Crippen LogP contribution in [0.4, 0.5) is 5.82 Å². The molecule has 0 fully saturated rings. The Kier molecular flexibility index (Phi) is 4.72. The Labute approximate surface area is 132 Å². The van der Waals surface area contributed by atoms with Gasteiger partial charge in [-0.15, -0.1) is 0 Å². The van der Waals surface area contributed by atoms with Crippen molar-refractivity contribution in [2.75, 3.05) is 11.1 Å². The Morgan fingerprint density at radius 3 is 2.73 bits per heavy atom. The van der Waals surface area contributed by atoms with Gasteiger partial charge in [0.05, 0.1) is 17.0 Å². The number of carbonyl (C=O) groups excluding carboxylic acids is 1. The summed E-state index contributed by atoms with van der Waals surface area (Å²) in [5.41, 5.74) is 0.695. The molecule has 0 unspecified atom stereocenters. The molecule has 0 atom stereocenters. The van der Waals surface area contributed by atoms with E-state index in [4.69, 9.17) is 11.6 Å². The summed E-state index contributed by atoms with van der Waals surface area (Å²) in [5, 5.41) is 2.05. The summed E-state index contributed by atoms with van der Waals surface area (Å²) >= 11 is 5.88. The quantitative estimate of drug-likeness (QED) is 0.852. The number of carbonyl (C=O) groups is 1. The minimum absolute atomic E-state index is 0.0415. The molecule has 1 N–H and O–H groups in total. The molecule has 0 saturated heterocycles. The molecule has 0 bridgehead atoms. The van der Waals surface area contributed by atoms with E-state index in [1.54, 1.807) is 18.3 Å². The fourth-order valence-electron chi connectivity index (χ4n) is 1.57. The summed E-state index contributed by atoms with van der Waals surface area (Å²) in [6.07, 6.45) is 2.63. The zero-order valence-electron chi connectivity index (χ0n) is 11.9. The third-order valence-corrected chi connectivity index (χ3v) is 4.54. The lowest BCUT2D eigenvalue weighted by atomic mass is 10.3. The second-order valence-electron chi connectivity index (χ2n) is 4.43. The fourth-order valence-corrected chi connectivity index (χ4v) is 2.45. The van der Waals surface area contributed by atoms with Crippen LogP contribution >= 0.6 is 11.6 Å². The van der Waals surface area contributed by atoms with Crippen LogP contribution in [0.5, 0.6) is 0 Å². The first-order valence-corrected chi connectivity index (χ1v) is 8.36. The van der Waals surface area contributed by atoms with Crippen LogP contribution < -0.4 is 5.32 Å². The van der Waals surface area contributed by atoms with Gasteiger partial charge in [0.25, 0.3) is 5.91 Å². The molecule has 22 heavy (non-hydrogen) atoms. The number of nitrogens with zero attached hydrogens (tertiary/aromatic N) is 3. The van der Waals surface area contributed by atoms with Gasteiger partial charge in [0.15, 0.2) is 5.69 Å². The second kappa shape index (κ2) is 6.37. The highest BCUT2D eigenvalue weighted by Crippen LogP contribution is 2.17. The standard InChI is InChI=1S/C13H13ClN4O3S/c1-3-22(20,21)13-16-7-9(14)11(18-13)12(19)17-10-6-8(2)4-5-15-10/h4-7H,3H2,1-2H3,(H,15,17,19). The Hall–Kier alpha value is -2.06. The first-order chi connectivity index (χ1) is 10.3. The number of sulfone groups is 1. The molecule has 2 aromatic rings. The molecular formula is C13H13ClN4O3S. The molecule has 2 aromatic heterocycles. The van der Waals surface area contributed by atoms with Crippen LogP contribution in [-0.2, 0) is 9.84 Å². The first kappa shape index (κ1) is 16.3. The van der Waals surface area contributed by atoms with Crippen molar-refractivity contribution in [2.24, 2.45) is 0 Å². The Balaban J connectivity index is 2.35. The van der Waals surface area contributed by atoms with Gasteiger partial charge in [-0.1, -0.05) is 18.5 Å². The van der Waals surface area contributed by atoms with E-state index < -0.39 is 20.9 Å². The Morgan fingerprint density at radius 1 is 1.36 bits per heavy atom. The number of nitrogens with one attached hydrogen (secondary N) is 1. The summed E-state index contributed by atoms with van der Waals surface area (Å²) < 4.78 is 23.6. The van der Waals surface area contributed by atoms with Gasteiger partial charge in [0, 0.05) is 6.20 Å². The number of anilines is 1. The van der Waals surface area contributed by atoms with Crippen LogP contribution in [0.15, 0.2) is 29.7 Å². The van der Waals surface area contributed by atoms with E-state index in [0.29, 0.717) is 5.82 Å². The minimum Gasteiger partial charge on any atom is -0.305 e. The van der Waals surface area contributed by atoms with E-state index in [2.05, 4.69) is 20.3 Å². The van der Waals surface area contributed by atoms with Gasteiger partial charge in [-0.25, -0.2) is 23.4 Å². The molecule has 0 spiro atoms. The number of aryl methyl sites for hydroxylation is 1. The number of hydrogen-bond donors (Lipinski definition) is 1. The van der Waals surface area contributed by atoms with Crippen LogP contribution in [0.25, 0.3) is 0 Å². The monoisotopic (exact) mass is 340 g/mol. The highest BCUT2D eigenvalue weighted by atomic mass is 35.5. The van der Waals surface area contributed by atoms with E-state index in [9.17, 15) is 13.2 Å². The fraction of sp³-hybridized carbons (Fsp3) is 0.231. The maximum Gasteiger partial charge on any atom is 0.277 e. The van der Waals surface area contributed by atoms with Crippen LogP contribution in [0.2, 0.25) is 5.02 Å². The molecule has 0 aliphatic carbocycles. The van der Waals surface area contributed by atoms with E-state index in [1.807, 2.05) is 6.92 Å². The Morgan fingerprint density at radius 2 is 2.09 bits per heavy atom. The molecule has 0 saturated carbocycles. The average Bonchev–Trinajstić information content (AvgIpc) is 2.47. The zero-order valence-corrected chi connectivity index (χ0v) is 13.4. The summed E-state index contributed by atoms with van der Waals surface area (Å²) in [7, 11) is -3.63. The van der Waals surface area contributed by atoms with Gasteiger partial charge < -0.3 is 5.32 Å². The molecule has 2 rings (SSSR count). The van der Waals surface area contributed by atoms with Crippen molar-refractivity contribution in [3.8, 4) is 0 Å². The lowest BCUT2D eigenvalue weighted by Gasteiger charge is -2.07. The third-order valence-electron chi connectivity index (χ3n) is 2.75. The molecule has 0 aliphatic heterocycles. The Bertz CT molecular complexity index is 824. The number of amides is 1. The van der Waals surface area contributed by atoms with Gasteiger partial charge in [-0.05, 0) is 24.6 Å². The molecule has 0 aliphatic rings. The van der Waals surface area contributed by atoms with Crippen molar-refractivity contribution >= 4 is 33.2 Å². The molecule has 0 radical (unpaired) electrons. The minimum atomic E-state index is -3.63. The summed E-state index contributed by atoms with van der Waals surface area (Å²) in [6.45, 7) is 3.31. The second-order valence-corrected chi connectivity index (χ2v) is 7.00. The zero-order chi connectivity index (χ0) is 16.3. The maximum absolute atomic E-state index is 12.2. The summed E-state index contributed by atoms with van der Waals surface area (Å²) in [5.74, 6) is -0.507. The lowest BCUT2D eigenvalue weighted by Crippen LogP contribution is -2.18. The van der Waals surface area contributed by atoms with E-state index in [-0.39, 0.29) is 16.5 Å². The van der Waals surface area contributed by atoms with Crippen molar-refractivity contribution in [3.63, 3.8) is 0 Å². The van der Waals surface area contributed by atoms with E-state index >= 15 is 0 Å². The number of hydrogen-bond acceptors (Lipinski definition) is 6. The number of aromatic nitrogens is 3. The van der Waals surface area contributed by atoms with Crippen LogP contribution in [-0.4, -0.2) is 35.0 Å². The average molecular weight is 341 g/mol. The highest BCUT2D eigenvalue weighted by molar-refractivity contribution is 7.91.